The fourth-order valence-corrected chi connectivity index (χ4v) is 2.17. The number of hydrogen-bond donors (Lipinski definition) is 0. The van der Waals surface area contributed by atoms with E-state index >= 15 is 0 Å². The van der Waals surface area contributed by atoms with Gasteiger partial charge in [0.2, 0.25) is 0 Å². The highest BCUT2D eigenvalue weighted by molar-refractivity contribution is 14.1. The van der Waals surface area contributed by atoms with Crippen molar-refractivity contribution in [3.05, 3.63) is 45.4 Å². The number of rotatable bonds is 1. The molecule has 0 aromatic heterocycles. The molecule has 0 N–H and O–H groups in total. The van der Waals surface area contributed by atoms with Crippen molar-refractivity contribution in [1.82, 2.24) is 0 Å². The zero-order valence-electron chi connectivity index (χ0n) is 9.66. The van der Waals surface area contributed by atoms with Crippen LogP contribution < -0.4 is 0 Å². The summed E-state index contributed by atoms with van der Waals surface area (Å²) in [6.45, 7) is 6.61. The lowest BCUT2D eigenvalue weighted by Gasteiger charge is -2.21. The van der Waals surface area contributed by atoms with Gasteiger partial charge in [-0.15, -0.1) is 0 Å². The molecule has 1 aromatic carbocycles. The summed E-state index contributed by atoms with van der Waals surface area (Å²) in [6.07, 6.45) is 2.89. The summed E-state index contributed by atoms with van der Waals surface area (Å²) in [5.41, 5.74) is 2.53. The quantitative estimate of drug-likeness (QED) is 0.722. The third-order valence-electron chi connectivity index (χ3n) is 2.58. The minimum Gasteiger partial charge on any atom is -0.455 e. The fourth-order valence-electron chi connectivity index (χ4n) is 1.58. The standard InChI is InChI=1S/C13H15IO2/c1-13(2,3)9-4-5-11(14)10(8-9)12-15-6-7-16-12/h4-8,12H,1-3H3. The normalized spacial score (nSPS) is 16.0. The molecule has 16 heavy (non-hydrogen) atoms. The average molecular weight is 330 g/mol. The van der Waals surface area contributed by atoms with Crippen LogP contribution in [0.5, 0.6) is 0 Å². The van der Waals surface area contributed by atoms with Crippen molar-refractivity contribution in [2.75, 3.05) is 0 Å². The van der Waals surface area contributed by atoms with Crippen LogP contribution in [0.25, 0.3) is 0 Å². The van der Waals surface area contributed by atoms with Gasteiger partial charge in [-0.25, -0.2) is 0 Å². The Morgan fingerprint density at radius 2 is 1.75 bits per heavy atom. The molecule has 0 saturated carbocycles. The number of hydrogen-bond acceptors (Lipinski definition) is 2. The SMILES string of the molecule is CC(C)(C)c1ccc(I)c(C2OC=CO2)c1. The predicted molar refractivity (Wildman–Crippen MR) is 71.9 cm³/mol. The molecule has 0 radical (unpaired) electrons. The van der Waals surface area contributed by atoms with Gasteiger partial charge in [-0.2, -0.15) is 0 Å². The Morgan fingerprint density at radius 1 is 1.12 bits per heavy atom. The van der Waals surface area contributed by atoms with E-state index in [-0.39, 0.29) is 11.7 Å². The van der Waals surface area contributed by atoms with Gasteiger partial charge in [0.1, 0.15) is 12.5 Å². The third kappa shape index (κ3) is 2.34. The smallest absolute Gasteiger partial charge is 0.267 e. The fraction of sp³-hybridized carbons (Fsp3) is 0.385. The van der Waals surface area contributed by atoms with Gasteiger partial charge >= 0.3 is 0 Å². The second kappa shape index (κ2) is 4.28. The Labute approximate surface area is 110 Å². The lowest BCUT2D eigenvalue weighted by molar-refractivity contribution is -0.0253. The molecule has 0 aliphatic carbocycles. The van der Waals surface area contributed by atoms with Crippen molar-refractivity contribution in [3.63, 3.8) is 0 Å². The van der Waals surface area contributed by atoms with Crippen molar-refractivity contribution >= 4 is 22.6 Å². The third-order valence-corrected chi connectivity index (χ3v) is 3.56. The van der Waals surface area contributed by atoms with Crippen molar-refractivity contribution in [3.8, 4) is 0 Å². The Balaban J connectivity index is 2.37. The molecule has 0 bridgehead atoms. The molecule has 0 amide bonds. The molecule has 2 nitrogen and oxygen atoms in total. The molecule has 1 heterocycles. The van der Waals surface area contributed by atoms with Gasteiger partial charge < -0.3 is 9.47 Å². The first kappa shape index (κ1) is 11.8. The molecule has 1 aliphatic heterocycles. The van der Waals surface area contributed by atoms with E-state index in [0.29, 0.717) is 0 Å². The Kier molecular flexibility index (Phi) is 3.15. The van der Waals surface area contributed by atoms with Gasteiger partial charge in [-0.1, -0.05) is 26.8 Å². The van der Waals surface area contributed by atoms with E-state index < -0.39 is 0 Å². The van der Waals surface area contributed by atoms with Crippen molar-refractivity contribution in [2.45, 2.75) is 32.5 Å². The first-order valence-corrected chi connectivity index (χ1v) is 6.32. The first-order valence-electron chi connectivity index (χ1n) is 5.24. The molecule has 0 saturated heterocycles. The minimum absolute atomic E-state index is 0.144. The number of benzene rings is 1. The molecule has 1 aromatic rings. The highest BCUT2D eigenvalue weighted by Crippen LogP contribution is 2.32. The predicted octanol–water partition coefficient (Wildman–Crippen LogP) is 4.11. The van der Waals surface area contributed by atoms with Crippen molar-refractivity contribution in [1.29, 1.82) is 0 Å². The summed E-state index contributed by atoms with van der Waals surface area (Å²) >= 11 is 2.31. The zero-order valence-corrected chi connectivity index (χ0v) is 11.8. The van der Waals surface area contributed by atoms with Crippen LogP contribution in [0.15, 0.2) is 30.7 Å². The van der Waals surface area contributed by atoms with Gasteiger partial charge in [0, 0.05) is 9.13 Å². The summed E-state index contributed by atoms with van der Waals surface area (Å²) in [7, 11) is 0. The number of halogens is 1. The van der Waals surface area contributed by atoms with Crippen LogP contribution in [0.1, 0.15) is 38.2 Å². The van der Waals surface area contributed by atoms with E-state index in [0.717, 1.165) is 5.56 Å². The van der Waals surface area contributed by atoms with Gasteiger partial charge in [-0.3, -0.25) is 0 Å². The lowest BCUT2D eigenvalue weighted by Crippen LogP contribution is -2.13. The van der Waals surface area contributed by atoms with Crippen LogP contribution in [-0.2, 0) is 14.9 Å². The summed E-state index contributed by atoms with van der Waals surface area (Å²) < 4.78 is 11.9. The topological polar surface area (TPSA) is 18.5 Å². The van der Waals surface area contributed by atoms with E-state index in [4.69, 9.17) is 9.47 Å². The summed E-state index contributed by atoms with van der Waals surface area (Å²) in [4.78, 5) is 0. The Morgan fingerprint density at radius 3 is 2.31 bits per heavy atom. The molecule has 1 aliphatic rings. The van der Waals surface area contributed by atoms with E-state index in [9.17, 15) is 0 Å². The van der Waals surface area contributed by atoms with Crippen LogP contribution in [0.3, 0.4) is 0 Å². The van der Waals surface area contributed by atoms with E-state index in [2.05, 4.69) is 61.6 Å². The van der Waals surface area contributed by atoms with Crippen molar-refractivity contribution in [2.24, 2.45) is 0 Å². The van der Waals surface area contributed by atoms with Gasteiger partial charge in [-0.05, 0) is 45.7 Å². The lowest BCUT2D eigenvalue weighted by atomic mass is 9.86. The molecule has 2 rings (SSSR count). The van der Waals surface area contributed by atoms with E-state index in [1.54, 1.807) is 12.5 Å². The van der Waals surface area contributed by atoms with Crippen LogP contribution >= 0.6 is 22.6 Å². The Bertz CT molecular complexity index is 410. The molecule has 0 unspecified atom stereocenters. The van der Waals surface area contributed by atoms with E-state index in [1.165, 1.54) is 9.13 Å². The highest BCUT2D eigenvalue weighted by Gasteiger charge is 2.22. The molecule has 0 atom stereocenters. The van der Waals surface area contributed by atoms with Crippen LogP contribution in [0.4, 0.5) is 0 Å². The molecule has 0 spiro atoms. The average Bonchev–Trinajstić information content (AvgIpc) is 2.69. The van der Waals surface area contributed by atoms with E-state index in [1.807, 2.05) is 0 Å². The zero-order chi connectivity index (χ0) is 11.8. The second-order valence-corrected chi connectivity index (χ2v) is 6.02. The maximum Gasteiger partial charge on any atom is 0.267 e. The first-order chi connectivity index (χ1) is 7.48. The highest BCUT2D eigenvalue weighted by atomic mass is 127. The van der Waals surface area contributed by atoms with Crippen LogP contribution in [0, 0.1) is 3.57 Å². The minimum atomic E-state index is -0.283. The molecule has 0 fully saturated rings. The summed E-state index contributed by atoms with van der Waals surface area (Å²) in [6, 6.07) is 6.44. The molecule has 3 heteroatoms. The monoisotopic (exact) mass is 330 g/mol. The second-order valence-electron chi connectivity index (χ2n) is 4.86. The molecular weight excluding hydrogens is 315 g/mol. The Hall–Kier alpha value is -0.710. The maximum atomic E-state index is 5.38. The summed E-state index contributed by atoms with van der Waals surface area (Å²) in [5, 5.41) is 0. The molecular formula is C13H15IO2. The van der Waals surface area contributed by atoms with Crippen LogP contribution in [-0.4, -0.2) is 0 Å². The van der Waals surface area contributed by atoms with Gasteiger partial charge in [0.25, 0.3) is 6.29 Å². The summed E-state index contributed by atoms with van der Waals surface area (Å²) in [5.74, 6) is 0. The molecule has 86 valence electrons. The number of ether oxygens (including phenoxy) is 2. The van der Waals surface area contributed by atoms with Crippen LogP contribution in [0.2, 0.25) is 0 Å². The largest absolute Gasteiger partial charge is 0.455 e. The van der Waals surface area contributed by atoms with Gasteiger partial charge in [0.05, 0.1) is 0 Å². The van der Waals surface area contributed by atoms with Gasteiger partial charge in [0.15, 0.2) is 0 Å². The maximum absolute atomic E-state index is 5.38. The van der Waals surface area contributed by atoms with Crippen molar-refractivity contribution < 1.29 is 9.47 Å².